The zero-order chi connectivity index (χ0) is 13.6. The zero-order valence-corrected chi connectivity index (χ0v) is 11.0. The Morgan fingerprint density at radius 3 is 2.74 bits per heavy atom. The maximum absolute atomic E-state index is 12.1. The number of carbonyl (C=O) groups is 1. The van der Waals surface area contributed by atoms with Gasteiger partial charge in [0.1, 0.15) is 0 Å². The van der Waals surface area contributed by atoms with Crippen molar-refractivity contribution in [1.82, 2.24) is 4.72 Å². The Labute approximate surface area is 110 Å². The molecule has 2 N–H and O–H groups in total. The van der Waals surface area contributed by atoms with Crippen LogP contribution in [0.2, 0.25) is 0 Å². The molecule has 4 atom stereocenters. The first kappa shape index (κ1) is 12.7. The van der Waals surface area contributed by atoms with Gasteiger partial charge in [-0.25, -0.2) is 13.1 Å². The van der Waals surface area contributed by atoms with Crippen LogP contribution in [0.4, 0.5) is 0 Å². The van der Waals surface area contributed by atoms with E-state index in [9.17, 15) is 18.3 Å². The fourth-order valence-corrected chi connectivity index (χ4v) is 4.68. The van der Waals surface area contributed by atoms with Gasteiger partial charge in [-0.15, -0.1) is 0 Å². The van der Waals surface area contributed by atoms with Gasteiger partial charge in [0.2, 0.25) is 5.09 Å². The van der Waals surface area contributed by atoms with Gasteiger partial charge in [0.25, 0.3) is 10.0 Å². The van der Waals surface area contributed by atoms with Gasteiger partial charge in [0.15, 0.2) is 0 Å². The monoisotopic (exact) mass is 285 g/mol. The van der Waals surface area contributed by atoms with Crippen LogP contribution in [-0.4, -0.2) is 25.5 Å². The number of carboxylic acid groups (broad SMARTS) is 1. The van der Waals surface area contributed by atoms with E-state index >= 15 is 0 Å². The fourth-order valence-electron chi connectivity index (χ4n) is 3.45. The molecule has 0 saturated heterocycles. The third-order valence-corrected chi connectivity index (χ3v) is 5.62. The SMILES string of the molecule is O=C(O)[C@H]1[C@H]2CCC[C@H]2[C@@H]1NS(=O)(=O)c1ccco1. The van der Waals surface area contributed by atoms with Crippen molar-refractivity contribution in [3.8, 4) is 0 Å². The van der Waals surface area contributed by atoms with Gasteiger partial charge in [0.05, 0.1) is 12.2 Å². The maximum atomic E-state index is 12.1. The molecule has 2 saturated carbocycles. The molecular weight excluding hydrogens is 270 g/mol. The minimum absolute atomic E-state index is 0.113. The number of carboxylic acids is 1. The van der Waals surface area contributed by atoms with Crippen LogP contribution in [0.1, 0.15) is 19.3 Å². The summed E-state index contributed by atoms with van der Waals surface area (Å²) in [6.07, 6.45) is 4.01. The van der Waals surface area contributed by atoms with Gasteiger partial charge < -0.3 is 9.52 Å². The van der Waals surface area contributed by atoms with E-state index in [4.69, 9.17) is 4.42 Å². The summed E-state index contributed by atoms with van der Waals surface area (Å²) >= 11 is 0. The maximum Gasteiger partial charge on any atom is 0.308 e. The molecule has 1 aromatic rings. The van der Waals surface area contributed by atoms with Crippen LogP contribution in [0.15, 0.2) is 27.9 Å². The average molecular weight is 285 g/mol. The van der Waals surface area contributed by atoms with E-state index in [1.807, 2.05) is 0 Å². The summed E-state index contributed by atoms with van der Waals surface area (Å²) in [6.45, 7) is 0. The van der Waals surface area contributed by atoms with E-state index in [0.29, 0.717) is 0 Å². The van der Waals surface area contributed by atoms with E-state index in [1.165, 1.54) is 18.4 Å². The summed E-state index contributed by atoms with van der Waals surface area (Å²) in [5.41, 5.74) is 0. The van der Waals surface area contributed by atoms with Crippen LogP contribution in [0, 0.1) is 17.8 Å². The van der Waals surface area contributed by atoms with Crippen LogP contribution in [0.3, 0.4) is 0 Å². The normalized spacial score (nSPS) is 33.7. The molecule has 6 nitrogen and oxygen atoms in total. The van der Waals surface area contributed by atoms with Gasteiger partial charge in [0, 0.05) is 6.04 Å². The van der Waals surface area contributed by atoms with Crippen molar-refractivity contribution in [1.29, 1.82) is 0 Å². The molecule has 0 aromatic carbocycles. The van der Waals surface area contributed by atoms with Crippen LogP contribution < -0.4 is 4.72 Å². The van der Waals surface area contributed by atoms with Gasteiger partial charge in [-0.1, -0.05) is 6.42 Å². The number of aliphatic carboxylic acids is 1. The van der Waals surface area contributed by atoms with Crippen molar-refractivity contribution in [3.05, 3.63) is 18.4 Å². The first-order valence-corrected chi connectivity index (χ1v) is 7.77. The van der Waals surface area contributed by atoms with E-state index in [0.717, 1.165) is 19.3 Å². The number of hydrogen-bond donors (Lipinski definition) is 2. The third-order valence-electron chi connectivity index (χ3n) is 4.27. The first-order chi connectivity index (χ1) is 9.00. The molecule has 0 spiro atoms. The minimum Gasteiger partial charge on any atom is -0.481 e. The van der Waals surface area contributed by atoms with Crippen LogP contribution >= 0.6 is 0 Å². The lowest BCUT2D eigenvalue weighted by Crippen LogP contribution is -2.60. The molecule has 7 heteroatoms. The lowest BCUT2D eigenvalue weighted by Gasteiger charge is -2.46. The van der Waals surface area contributed by atoms with Gasteiger partial charge >= 0.3 is 5.97 Å². The molecule has 0 aliphatic heterocycles. The Hall–Kier alpha value is -1.34. The van der Waals surface area contributed by atoms with Crippen molar-refractivity contribution < 1.29 is 22.7 Å². The summed E-state index contributed by atoms with van der Waals surface area (Å²) < 4.78 is 31.5. The van der Waals surface area contributed by atoms with Crippen LogP contribution in [-0.2, 0) is 14.8 Å². The number of furan rings is 1. The van der Waals surface area contributed by atoms with E-state index in [-0.39, 0.29) is 16.9 Å². The molecular formula is C12H15NO5S. The largest absolute Gasteiger partial charge is 0.481 e. The molecule has 2 aliphatic rings. The smallest absolute Gasteiger partial charge is 0.308 e. The Kier molecular flexibility index (Phi) is 2.90. The van der Waals surface area contributed by atoms with Crippen molar-refractivity contribution in [2.24, 2.45) is 17.8 Å². The summed E-state index contributed by atoms with van der Waals surface area (Å²) in [5.74, 6) is -1.28. The van der Waals surface area contributed by atoms with Crippen molar-refractivity contribution in [3.63, 3.8) is 0 Å². The molecule has 19 heavy (non-hydrogen) atoms. The molecule has 0 amide bonds. The van der Waals surface area contributed by atoms with E-state index in [1.54, 1.807) is 0 Å². The number of sulfonamides is 1. The highest BCUT2D eigenvalue weighted by atomic mass is 32.2. The quantitative estimate of drug-likeness (QED) is 0.862. The van der Waals surface area contributed by atoms with Crippen LogP contribution in [0.5, 0.6) is 0 Å². The van der Waals surface area contributed by atoms with E-state index in [2.05, 4.69) is 4.72 Å². The molecule has 2 fully saturated rings. The number of rotatable bonds is 4. The molecule has 104 valence electrons. The number of fused-ring (bicyclic) bond motifs is 1. The second-order valence-corrected chi connectivity index (χ2v) is 6.85. The Morgan fingerprint density at radius 1 is 1.37 bits per heavy atom. The highest BCUT2D eigenvalue weighted by Crippen LogP contribution is 2.51. The zero-order valence-electron chi connectivity index (χ0n) is 10.2. The molecule has 3 rings (SSSR count). The lowest BCUT2D eigenvalue weighted by molar-refractivity contribution is -0.152. The van der Waals surface area contributed by atoms with Crippen LogP contribution in [0.25, 0.3) is 0 Å². The van der Waals surface area contributed by atoms with Gasteiger partial charge in [-0.3, -0.25) is 4.79 Å². The van der Waals surface area contributed by atoms with Crippen molar-refractivity contribution in [2.75, 3.05) is 0 Å². The lowest BCUT2D eigenvalue weighted by atomic mass is 9.63. The first-order valence-electron chi connectivity index (χ1n) is 6.29. The molecule has 0 radical (unpaired) electrons. The minimum atomic E-state index is -3.76. The summed E-state index contributed by atoms with van der Waals surface area (Å²) in [6, 6.07) is 2.32. The van der Waals surface area contributed by atoms with Gasteiger partial charge in [-0.2, -0.15) is 0 Å². The highest BCUT2D eigenvalue weighted by molar-refractivity contribution is 7.89. The second-order valence-electron chi connectivity index (χ2n) is 5.20. The standard InChI is InChI=1S/C12H15NO5S/c14-12(15)10-7-3-1-4-8(7)11(10)13-19(16,17)9-5-2-6-18-9/h2,5-8,10-11,13H,1,3-4H2,(H,14,15)/t7-,8+,10-,11-/m0/s1. The second kappa shape index (κ2) is 4.35. The highest BCUT2D eigenvalue weighted by Gasteiger charge is 2.57. The van der Waals surface area contributed by atoms with Gasteiger partial charge in [-0.05, 0) is 36.8 Å². The summed E-state index contributed by atoms with van der Waals surface area (Å²) in [7, 11) is -3.76. The topological polar surface area (TPSA) is 96.6 Å². The summed E-state index contributed by atoms with van der Waals surface area (Å²) in [5, 5.41) is 9.05. The van der Waals surface area contributed by atoms with E-state index < -0.39 is 28.0 Å². The predicted octanol–water partition coefficient (Wildman–Crippen LogP) is 1.06. The molecule has 2 aliphatic carbocycles. The molecule has 1 heterocycles. The summed E-state index contributed by atoms with van der Waals surface area (Å²) in [4.78, 5) is 11.2. The molecule has 0 bridgehead atoms. The fraction of sp³-hybridized carbons (Fsp3) is 0.583. The van der Waals surface area contributed by atoms with Crippen molar-refractivity contribution in [2.45, 2.75) is 30.4 Å². The molecule has 0 unspecified atom stereocenters. The number of hydrogen-bond acceptors (Lipinski definition) is 4. The Morgan fingerprint density at radius 2 is 2.11 bits per heavy atom. The van der Waals surface area contributed by atoms with Crippen molar-refractivity contribution >= 4 is 16.0 Å². The average Bonchev–Trinajstić information content (AvgIpc) is 2.94. The predicted molar refractivity (Wildman–Crippen MR) is 64.8 cm³/mol. The Balaban J connectivity index is 1.81. The third kappa shape index (κ3) is 1.97. The Bertz CT molecular complexity index is 579. The molecule has 1 aromatic heterocycles. The number of nitrogens with one attached hydrogen (secondary N) is 1.